The standard InChI is InChI=1S/C20H23N3O4.ClH/c1-26-17-4-3-14(10-16(17)9-13-5-7-21-12-13)19(24)23-18-11-15(6-8-22-18)20(25)27-2;/h3-4,6,8,10-11,13,21H,5,7,9,12H2,1-2H3,(H,22,23,24);1H. The fourth-order valence-corrected chi connectivity index (χ4v) is 3.21. The molecule has 2 heterocycles. The van der Waals surface area contributed by atoms with Gasteiger partial charge in [-0.15, -0.1) is 12.4 Å². The minimum Gasteiger partial charge on any atom is -0.496 e. The molecule has 1 saturated heterocycles. The van der Waals surface area contributed by atoms with Gasteiger partial charge in [-0.2, -0.15) is 0 Å². The van der Waals surface area contributed by atoms with Gasteiger partial charge < -0.3 is 20.1 Å². The summed E-state index contributed by atoms with van der Waals surface area (Å²) < 4.78 is 10.1. The lowest BCUT2D eigenvalue weighted by Crippen LogP contribution is -2.15. The quantitative estimate of drug-likeness (QED) is 0.718. The van der Waals surface area contributed by atoms with Crippen LogP contribution in [0.5, 0.6) is 5.75 Å². The van der Waals surface area contributed by atoms with Crippen LogP contribution in [0.1, 0.15) is 32.7 Å². The minimum absolute atomic E-state index is 0. The first-order chi connectivity index (χ1) is 13.1. The largest absolute Gasteiger partial charge is 0.496 e. The van der Waals surface area contributed by atoms with Gasteiger partial charge in [0.2, 0.25) is 0 Å². The molecular formula is C20H24ClN3O4. The molecule has 1 aliphatic rings. The number of halogens is 1. The van der Waals surface area contributed by atoms with Crippen LogP contribution in [0.25, 0.3) is 0 Å². The minimum atomic E-state index is -0.482. The Hall–Kier alpha value is -2.64. The number of benzene rings is 1. The zero-order chi connectivity index (χ0) is 19.2. The summed E-state index contributed by atoms with van der Waals surface area (Å²) in [6, 6.07) is 8.40. The van der Waals surface area contributed by atoms with Crippen LogP contribution in [0, 0.1) is 5.92 Å². The lowest BCUT2D eigenvalue weighted by atomic mass is 9.96. The number of nitrogens with one attached hydrogen (secondary N) is 2. The average Bonchev–Trinajstić information content (AvgIpc) is 3.20. The summed E-state index contributed by atoms with van der Waals surface area (Å²) in [6.45, 7) is 2.00. The predicted molar refractivity (Wildman–Crippen MR) is 108 cm³/mol. The van der Waals surface area contributed by atoms with Crippen LogP contribution in [0.3, 0.4) is 0 Å². The molecule has 3 rings (SSSR count). The van der Waals surface area contributed by atoms with Gasteiger partial charge >= 0.3 is 5.97 Å². The van der Waals surface area contributed by atoms with Gasteiger partial charge in [0, 0.05) is 11.8 Å². The predicted octanol–water partition coefficient (Wildman–Crippen LogP) is 2.70. The van der Waals surface area contributed by atoms with Gasteiger partial charge in [0.15, 0.2) is 0 Å². The van der Waals surface area contributed by atoms with E-state index in [2.05, 4.69) is 20.4 Å². The zero-order valence-corrected chi connectivity index (χ0v) is 16.7. The number of aromatic nitrogens is 1. The lowest BCUT2D eigenvalue weighted by molar-refractivity contribution is 0.0600. The number of amides is 1. The van der Waals surface area contributed by atoms with E-state index in [1.165, 1.54) is 25.4 Å². The van der Waals surface area contributed by atoms with E-state index in [4.69, 9.17) is 4.74 Å². The van der Waals surface area contributed by atoms with Crippen molar-refractivity contribution in [3.8, 4) is 5.75 Å². The molecule has 0 radical (unpaired) electrons. The van der Waals surface area contributed by atoms with E-state index >= 15 is 0 Å². The smallest absolute Gasteiger partial charge is 0.338 e. The Labute approximate surface area is 170 Å². The summed E-state index contributed by atoms with van der Waals surface area (Å²) in [6.07, 6.45) is 3.42. The highest BCUT2D eigenvalue weighted by Gasteiger charge is 2.19. The molecule has 0 spiro atoms. The first-order valence-electron chi connectivity index (χ1n) is 8.84. The lowest BCUT2D eigenvalue weighted by Gasteiger charge is -2.14. The second-order valence-electron chi connectivity index (χ2n) is 6.47. The first kappa shape index (κ1) is 21.7. The summed E-state index contributed by atoms with van der Waals surface area (Å²) in [5.41, 5.74) is 1.85. The van der Waals surface area contributed by atoms with E-state index in [9.17, 15) is 9.59 Å². The fraction of sp³-hybridized carbons (Fsp3) is 0.350. The van der Waals surface area contributed by atoms with Gasteiger partial charge in [-0.1, -0.05) is 0 Å². The van der Waals surface area contributed by atoms with Gasteiger partial charge in [0.1, 0.15) is 11.6 Å². The molecule has 1 amide bonds. The molecular weight excluding hydrogens is 382 g/mol. The number of hydrogen-bond donors (Lipinski definition) is 2. The molecule has 1 aliphatic heterocycles. The van der Waals surface area contributed by atoms with E-state index in [1.807, 2.05) is 12.1 Å². The van der Waals surface area contributed by atoms with E-state index in [1.54, 1.807) is 13.2 Å². The molecule has 1 aromatic heterocycles. The molecule has 0 saturated carbocycles. The van der Waals surface area contributed by atoms with E-state index < -0.39 is 5.97 Å². The van der Waals surface area contributed by atoms with Crippen molar-refractivity contribution in [2.45, 2.75) is 12.8 Å². The van der Waals surface area contributed by atoms with Crippen LogP contribution in [0.2, 0.25) is 0 Å². The third-order valence-electron chi connectivity index (χ3n) is 4.64. The van der Waals surface area contributed by atoms with Crippen LogP contribution in [-0.2, 0) is 11.2 Å². The number of esters is 1. The monoisotopic (exact) mass is 405 g/mol. The van der Waals surface area contributed by atoms with Crippen molar-refractivity contribution < 1.29 is 19.1 Å². The number of rotatable bonds is 6. The fourth-order valence-electron chi connectivity index (χ4n) is 3.21. The summed E-state index contributed by atoms with van der Waals surface area (Å²) in [5.74, 6) is 0.836. The van der Waals surface area contributed by atoms with Gasteiger partial charge in [0.05, 0.1) is 19.8 Å². The molecule has 2 aromatic rings. The Balaban J connectivity index is 0.00000280. The summed E-state index contributed by atoms with van der Waals surface area (Å²) in [5, 5.41) is 6.08. The second-order valence-corrected chi connectivity index (χ2v) is 6.47. The van der Waals surface area contributed by atoms with Gasteiger partial charge in [-0.3, -0.25) is 4.79 Å². The van der Waals surface area contributed by atoms with Crippen LogP contribution < -0.4 is 15.4 Å². The van der Waals surface area contributed by atoms with Gasteiger partial charge in [-0.25, -0.2) is 9.78 Å². The molecule has 8 heteroatoms. The van der Waals surface area contributed by atoms with Gasteiger partial charge in [-0.05, 0) is 67.7 Å². The second kappa shape index (κ2) is 10.1. The normalized spacial score (nSPS) is 15.4. The number of anilines is 1. The van der Waals surface area contributed by atoms with Gasteiger partial charge in [0.25, 0.3) is 5.91 Å². The third kappa shape index (κ3) is 5.21. The number of carbonyl (C=O) groups excluding carboxylic acids is 2. The number of methoxy groups -OCH3 is 2. The van der Waals surface area contributed by atoms with Crippen molar-refractivity contribution >= 4 is 30.1 Å². The Morgan fingerprint density at radius 3 is 2.71 bits per heavy atom. The molecule has 1 atom stereocenters. The van der Waals surface area contributed by atoms with Crippen LogP contribution >= 0.6 is 12.4 Å². The average molecular weight is 406 g/mol. The van der Waals surface area contributed by atoms with E-state index in [-0.39, 0.29) is 18.3 Å². The highest BCUT2D eigenvalue weighted by Crippen LogP contribution is 2.25. The summed E-state index contributed by atoms with van der Waals surface area (Å²) >= 11 is 0. The third-order valence-corrected chi connectivity index (χ3v) is 4.64. The number of hydrogen-bond acceptors (Lipinski definition) is 6. The maximum absolute atomic E-state index is 12.6. The van der Waals surface area contributed by atoms with Crippen LogP contribution in [0.4, 0.5) is 5.82 Å². The zero-order valence-electron chi connectivity index (χ0n) is 15.9. The van der Waals surface area contributed by atoms with Crippen LogP contribution in [-0.4, -0.2) is 44.2 Å². The van der Waals surface area contributed by atoms with Crippen LogP contribution in [0.15, 0.2) is 36.5 Å². The highest BCUT2D eigenvalue weighted by molar-refractivity contribution is 6.04. The molecule has 28 heavy (non-hydrogen) atoms. The first-order valence-corrected chi connectivity index (χ1v) is 8.84. The van der Waals surface area contributed by atoms with Crippen molar-refractivity contribution in [1.82, 2.24) is 10.3 Å². The van der Waals surface area contributed by atoms with Crippen molar-refractivity contribution in [3.05, 3.63) is 53.2 Å². The number of carbonyl (C=O) groups is 2. The van der Waals surface area contributed by atoms with Crippen molar-refractivity contribution in [2.75, 3.05) is 32.6 Å². The molecule has 150 valence electrons. The van der Waals surface area contributed by atoms with Crippen molar-refractivity contribution in [2.24, 2.45) is 5.92 Å². The molecule has 1 fully saturated rings. The molecule has 0 bridgehead atoms. The number of ether oxygens (including phenoxy) is 2. The van der Waals surface area contributed by atoms with Crippen molar-refractivity contribution in [3.63, 3.8) is 0 Å². The summed E-state index contributed by atoms with van der Waals surface area (Å²) in [7, 11) is 2.94. The molecule has 7 nitrogen and oxygen atoms in total. The molecule has 0 aliphatic carbocycles. The Morgan fingerprint density at radius 2 is 2.04 bits per heavy atom. The SMILES string of the molecule is COC(=O)c1ccnc(NC(=O)c2ccc(OC)c(CC3CCNC3)c2)c1.Cl. The Kier molecular flexibility index (Phi) is 7.78. The topological polar surface area (TPSA) is 89.5 Å². The number of pyridine rings is 1. The maximum atomic E-state index is 12.6. The van der Waals surface area contributed by atoms with E-state index in [0.29, 0.717) is 22.9 Å². The number of nitrogens with zero attached hydrogens (tertiary/aromatic N) is 1. The molecule has 2 N–H and O–H groups in total. The van der Waals surface area contributed by atoms with E-state index in [0.717, 1.165) is 37.2 Å². The molecule has 1 aromatic carbocycles. The highest BCUT2D eigenvalue weighted by atomic mass is 35.5. The molecule has 1 unspecified atom stereocenters. The maximum Gasteiger partial charge on any atom is 0.338 e. The Bertz CT molecular complexity index is 838. The Morgan fingerprint density at radius 1 is 1.21 bits per heavy atom. The summed E-state index contributed by atoms with van der Waals surface area (Å²) in [4.78, 5) is 28.3. The van der Waals surface area contributed by atoms with Crippen molar-refractivity contribution in [1.29, 1.82) is 0 Å².